The molecule has 2 aliphatic rings. The van der Waals surface area contributed by atoms with Gasteiger partial charge in [-0.2, -0.15) is 0 Å². The van der Waals surface area contributed by atoms with Gasteiger partial charge in [0.1, 0.15) is 18.0 Å². The summed E-state index contributed by atoms with van der Waals surface area (Å²) in [6.45, 7) is 3.19. The van der Waals surface area contributed by atoms with Crippen LogP contribution in [0.15, 0.2) is 24.4 Å². The van der Waals surface area contributed by atoms with Crippen LogP contribution in [0.1, 0.15) is 55.7 Å². The van der Waals surface area contributed by atoms with Crippen LogP contribution in [0.5, 0.6) is 0 Å². The van der Waals surface area contributed by atoms with Crippen molar-refractivity contribution >= 4 is 28.4 Å². The van der Waals surface area contributed by atoms with Gasteiger partial charge in [-0.25, -0.2) is 0 Å². The molecule has 2 aromatic heterocycles. The average molecular weight is 428 g/mol. The SMILES string of the molecule is CC1(C(=O)NCCc2c[nH]c3ccc(Cl)cc23)COCc2nnc(C3CCCC3)n21. The third-order valence-corrected chi connectivity index (χ3v) is 6.72. The Morgan fingerprint density at radius 1 is 1.37 bits per heavy atom. The zero-order chi connectivity index (χ0) is 20.7. The molecule has 1 aliphatic carbocycles. The second-order valence-corrected chi connectivity index (χ2v) is 9.00. The Morgan fingerprint density at radius 3 is 3.03 bits per heavy atom. The fraction of sp³-hybridized carbons (Fsp3) is 0.500. The van der Waals surface area contributed by atoms with Crippen LogP contribution in [-0.4, -0.2) is 38.8 Å². The summed E-state index contributed by atoms with van der Waals surface area (Å²) >= 11 is 6.15. The van der Waals surface area contributed by atoms with E-state index in [-0.39, 0.29) is 5.91 Å². The highest BCUT2D eigenvalue weighted by Gasteiger charge is 2.43. The van der Waals surface area contributed by atoms with Crippen molar-refractivity contribution in [3.63, 3.8) is 0 Å². The van der Waals surface area contributed by atoms with E-state index in [1.54, 1.807) is 0 Å². The maximum atomic E-state index is 13.3. The van der Waals surface area contributed by atoms with Crippen molar-refractivity contribution in [2.45, 2.75) is 57.1 Å². The van der Waals surface area contributed by atoms with E-state index in [1.807, 2.05) is 35.9 Å². The quantitative estimate of drug-likeness (QED) is 0.650. The molecule has 158 valence electrons. The van der Waals surface area contributed by atoms with Crippen LogP contribution in [0.2, 0.25) is 5.02 Å². The normalized spacial score (nSPS) is 21.8. The Labute approximate surface area is 180 Å². The minimum Gasteiger partial charge on any atom is -0.370 e. The molecule has 3 heterocycles. The van der Waals surface area contributed by atoms with Crippen molar-refractivity contribution in [3.05, 3.63) is 46.6 Å². The average Bonchev–Trinajstić information content (AvgIpc) is 3.48. The van der Waals surface area contributed by atoms with Crippen molar-refractivity contribution < 1.29 is 9.53 Å². The maximum absolute atomic E-state index is 13.3. The van der Waals surface area contributed by atoms with Crippen molar-refractivity contribution in [1.29, 1.82) is 0 Å². The number of benzene rings is 1. The molecule has 1 aliphatic heterocycles. The van der Waals surface area contributed by atoms with Crippen molar-refractivity contribution in [2.75, 3.05) is 13.2 Å². The highest BCUT2D eigenvalue weighted by Crippen LogP contribution is 2.37. The minimum absolute atomic E-state index is 0.0552. The zero-order valence-electron chi connectivity index (χ0n) is 17.1. The number of hydrogen-bond acceptors (Lipinski definition) is 4. The molecule has 2 N–H and O–H groups in total. The molecule has 0 radical (unpaired) electrons. The number of nitrogens with zero attached hydrogens (tertiary/aromatic N) is 3. The van der Waals surface area contributed by atoms with Crippen LogP contribution in [-0.2, 0) is 28.1 Å². The van der Waals surface area contributed by atoms with Gasteiger partial charge in [0.05, 0.1) is 6.61 Å². The molecule has 1 saturated carbocycles. The topological polar surface area (TPSA) is 84.8 Å². The van der Waals surface area contributed by atoms with Gasteiger partial charge in [0, 0.05) is 34.6 Å². The van der Waals surface area contributed by atoms with Crippen LogP contribution in [0.4, 0.5) is 0 Å². The number of rotatable bonds is 5. The number of amides is 1. The smallest absolute Gasteiger partial charge is 0.248 e. The summed E-state index contributed by atoms with van der Waals surface area (Å²) < 4.78 is 7.78. The lowest BCUT2D eigenvalue weighted by Gasteiger charge is -2.36. The summed E-state index contributed by atoms with van der Waals surface area (Å²) in [5, 5.41) is 13.7. The lowest BCUT2D eigenvalue weighted by atomic mass is 9.97. The van der Waals surface area contributed by atoms with E-state index >= 15 is 0 Å². The van der Waals surface area contributed by atoms with Gasteiger partial charge in [0.2, 0.25) is 5.91 Å². The predicted molar refractivity (Wildman–Crippen MR) is 115 cm³/mol. The molecule has 1 aromatic carbocycles. The van der Waals surface area contributed by atoms with Crippen LogP contribution < -0.4 is 5.32 Å². The standard InChI is InChI=1S/C22H26ClN5O2/c1-22(13-30-12-19-26-27-20(28(19)22)14-4-2-3-5-14)21(29)24-9-8-15-11-25-18-7-6-16(23)10-17(15)18/h6-7,10-11,14,25H,2-5,8-9,12-13H2,1H3,(H,24,29). The van der Waals surface area contributed by atoms with E-state index in [0.29, 0.717) is 37.1 Å². The summed E-state index contributed by atoms with van der Waals surface area (Å²) in [6.07, 6.45) is 7.34. The molecule has 7 nitrogen and oxygen atoms in total. The van der Waals surface area contributed by atoms with E-state index in [0.717, 1.165) is 41.0 Å². The third kappa shape index (κ3) is 3.30. The number of carbonyl (C=O) groups excluding carboxylic acids is 1. The molecular weight excluding hydrogens is 402 g/mol. The number of aromatic amines is 1. The highest BCUT2D eigenvalue weighted by atomic mass is 35.5. The molecular formula is C22H26ClN5O2. The number of fused-ring (bicyclic) bond motifs is 2. The Balaban J connectivity index is 1.33. The highest BCUT2D eigenvalue weighted by molar-refractivity contribution is 6.31. The third-order valence-electron chi connectivity index (χ3n) is 6.48. The van der Waals surface area contributed by atoms with Gasteiger partial charge in [-0.1, -0.05) is 24.4 Å². The first-order valence-corrected chi connectivity index (χ1v) is 11.0. The molecule has 1 fully saturated rings. The van der Waals surface area contributed by atoms with E-state index in [2.05, 4.69) is 20.5 Å². The maximum Gasteiger partial charge on any atom is 0.248 e. The first kappa shape index (κ1) is 19.6. The number of ether oxygens (including phenoxy) is 1. The van der Waals surface area contributed by atoms with E-state index < -0.39 is 5.54 Å². The summed E-state index contributed by atoms with van der Waals surface area (Å²) in [6, 6.07) is 5.80. The Hall–Kier alpha value is -2.38. The molecule has 1 atom stereocenters. The van der Waals surface area contributed by atoms with E-state index in [1.165, 1.54) is 12.8 Å². The first-order chi connectivity index (χ1) is 14.6. The van der Waals surface area contributed by atoms with Crippen LogP contribution in [0, 0.1) is 0 Å². The van der Waals surface area contributed by atoms with Crippen LogP contribution in [0.3, 0.4) is 0 Å². The van der Waals surface area contributed by atoms with Gasteiger partial charge in [0.15, 0.2) is 5.82 Å². The summed E-state index contributed by atoms with van der Waals surface area (Å²) in [7, 11) is 0. The fourth-order valence-electron chi connectivity index (χ4n) is 4.84. The number of carbonyl (C=O) groups is 1. The molecule has 3 aromatic rings. The van der Waals surface area contributed by atoms with Gasteiger partial charge >= 0.3 is 0 Å². The van der Waals surface area contributed by atoms with Crippen molar-refractivity contribution in [1.82, 2.24) is 25.1 Å². The van der Waals surface area contributed by atoms with Gasteiger partial charge in [-0.3, -0.25) is 9.36 Å². The van der Waals surface area contributed by atoms with Gasteiger partial charge in [-0.05, 0) is 49.9 Å². The number of aromatic nitrogens is 4. The van der Waals surface area contributed by atoms with Gasteiger partial charge < -0.3 is 15.0 Å². The van der Waals surface area contributed by atoms with Crippen LogP contribution >= 0.6 is 11.6 Å². The molecule has 0 spiro atoms. The number of H-pyrrole nitrogens is 1. The van der Waals surface area contributed by atoms with E-state index in [9.17, 15) is 4.79 Å². The fourth-order valence-corrected chi connectivity index (χ4v) is 5.01. The number of halogens is 1. The molecule has 30 heavy (non-hydrogen) atoms. The summed E-state index contributed by atoms with van der Waals surface area (Å²) in [5.41, 5.74) is 1.34. The second-order valence-electron chi connectivity index (χ2n) is 8.57. The number of hydrogen-bond donors (Lipinski definition) is 2. The van der Waals surface area contributed by atoms with E-state index in [4.69, 9.17) is 16.3 Å². The number of nitrogens with one attached hydrogen (secondary N) is 2. The Kier molecular flexibility index (Phi) is 5.03. The largest absolute Gasteiger partial charge is 0.370 e. The summed E-state index contributed by atoms with van der Waals surface area (Å²) in [4.78, 5) is 16.6. The van der Waals surface area contributed by atoms with Gasteiger partial charge in [-0.15, -0.1) is 10.2 Å². The molecule has 0 bridgehead atoms. The van der Waals surface area contributed by atoms with Crippen molar-refractivity contribution in [2.24, 2.45) is 0 Å². The summed E-state index contributed by atoms with van der Waals surface area (Å²) in [5.74, 6) is 2.01. The van der Waals surface area contributed by atoms with Crippen molar-refractivity contribution in [3.8, 4) is 0 Å². The Morgan fingerprint density at radius 2 is 2.20 bits per heavy atom. The molecule has 8 heteroatoms. The zero-order valence-corrected chi connectivity index (χ0v) is 17.8. The lowest BCUT2D eigenvalue weighted by molar-refractivity contribution is -0.135. The van der Waals surface area contributed by atoms with Crippen LogP contribution in [0.25, 0.3) is 10.9 Å². The van der Waals surface area contributed by atoms with Gasteiger partial charge in [0.25, 0.3) is 0 Å². The monoisotopic (exact) mass is 427 g/mol. The first-order valence-electron chi connectivity index (χ1n) is 10.6. The molecule has 0 saturated heterocycles. The predicted octanol–water partition coefficient (Wildman–Crippen LogP) is 3.67. The Bertz CT molecular complexity index is 1080. The molecule has 5 rings (SSSR count). The second kappa shape index (κ2) is 7.71. The lowest BCUT2D eigenvalue weighted by Crippen LogP contribution is -2.53. The molecule has 1 unspecified atom stereocenters. The minimum atomic E-state index is -0.835. The molecule has 1 amide bonds.